The Labute approximate surface area is 272 Å². The van der Waals surface area contributed by atoms with Crippen LogP contribution in [0.25, 0.3) is 0 Å². The summed E-state index contributed by atoms with van der Waals surface area (Å²) in [5.74, 6) is 0. The SMILES string of the molecule is [Nd].[Nd].[Nd].[Nd].[Nd].[Rh].[Rh].[Rh].[Rh]. The van der Waals surface area contributed by atoms with Crippen LogP contribution in [0, 0.1) is 204 Å². The summed E-state index contributed by atoms with van der Waals surface area (Å²) in [4.78, 5) is 0. The maximum absolute atomic E-state index is 0. The van der Waals surface area contributed by atoms with Crippen molar-refractivity contribution in [1.82, 2.24) is 0 Å². The Hall–Kier alpha value is 9.25. The van der Waals surface area contributed by atoms with Crippen LogP contribution in [0.2, 0.25) is 0 Å². The average molecular weight is 1130 g/mol. The van der Waals surface area contributed by atoms with Crippen molar-refractivity contribution in [1.29, 1.82) is 0 Å². The van der Waals surface area contributed by atoms with Gasteiger partial charge in [0, 0.05) is 282 Å². The van der Waals surface area contributed by atoms with Gasteiger partial charge in [-0.3, -0.25) is 0 Å². The third-order valence-corrected chi connectivity index (χ3v) is 0. The molecule has 0 N–H and O–H groups in total. The molecule has 0 amide bonds. The Morgan fingerprint density at radius 3 is 0.222 bits per heavy atom. The van der Waals surface area contributed by atoms with E-state index in [1.807, 2.05) is 0 Å². The van der Waals surface area contributed by atoms with Gasteiger partial charge in [-0.15, -0.1) is 0 Å². The zero-order valence-corrected chi connectivity index (χ0v) is 26.4. The first kappa shape index (κ1) is 63.5. The minimum absolute atomic E-state index is 0. The second kappa shape index (κ2) is 53.2. The van der Waals surface area contributed by atoms with Crippen LogP contribution in [-0.4, -0.2) is 0 Å². The molecule has 0 atom stereocenters. The van der Waals surface area contributed by atoms with Crippen molar-refractivity contribution in [2.24, 2.45) is 0 Å². The number of hydrogen-bond donors (Lipinski definition) is 0. The van der Waals surface area contributed by atoms with E-state index in [1.54, 1.807) is 0 Å². The van der Waals surface area contributed by atoms with Crippen LogP contribution in [0.5, 0.6) is 0 Å². The summed E-state index contributed by atoms with van der Waals surface area (Å²) in [5, 5.41) is 0. The topological polar surface area (TPSA) is 0 Å². The molecule has 9 heavy (non-hydrogen) atoms. The van der Waals surface area contributed by atoms with Gasteiger partial charge in [-0.25, -0.2) is 0 Å². The van der Waals surface area contributed by atoms with E-state index in [0.717, 1.165) is 0 Å². The molecule has 0 fully saturated rings. The maximum atomic E-state index is 0. The van der Waals surface area contributed by atoms with Gasteiger partial charge in [0.25, 0.3) is 0 Å². The smallest absolute Gasteiger partial charge is 0 e. The summed E-state index contributed by atoms with van der Waals surface area (Å²) in [7, 11) is 0. The molecule has 0 aromatic heterocycles. The van der Waals surface area contributed by atoms with Crippen LogP contribution >= 0.6 is 0 Å². The van der Waals surface area contributed by atoms with E-state index in [0.29, 0.717) is 0 Å². The van der Waals surface area contributed by atoms with Crippen molar-refractivity contribution in [3.8, 4) is 0 Å². The van der Waals surface area contributed by atoms with E-state index >= 15 is 0 Å². The largest absolute Gasteiger partial charge is 0 e. The van der Waals surface area contributed by atoms with Crippen molar-refractivity contribution >= 4 is 0 Å². The first-order chi connectivity index (χ1) is 0. The minimum atomic E-state index is 0. The van der Waals surface area contributed by atoms with E-state index in [1.165, 1.54) is 0 Å². The molecule has 0 aromatic rings. The van der Waals surface area contributed by atoms with E-state index < -0.39 is 0 Å². The predicted octanol–water partition coefficient (Wildman–Crippen LogP) is -0.0100. The summed E-state index contributed by atoms with van der Waals surface area (Å²) in [6.45, 7) is 0. The van der Waals surface area contributed by atoms with Gasteiger partial charge in [-0.2, -0.15) is 0 Å². The van der Waals surface area contributed by atoms with Gasteiger partial charge < -0.3 is 0 Å². The standard InChI is InChI=1S/5Nd.4Rh. The Morgan fingerprint density at radius 1 is 0.222 bits per heavy atom. The number of hydrogen-bond acceptors (Lipinski definition) is 0. The van der Waals surface area contributed by atoms with Gasteiger partial charge in [-0.1, -0.05) is 0 Å². The molecule has 4 radical (unpaired) electrons. The Kier molecular flexibility index (Phi) is 376. The quantitative estimate of drug-likeness (QED) is 0.300. The normalized spacial score (nSPS) is 0. The van der Waals surface area contributed by atoms with E-state index in [-0.39, 0.29) is 282 Å². The fourth-order valence-electron chi connectivity index (χ4n) is 0. The summed E-state index contributed by atoms with van der Waals surface area (Å²) in [6, 6.07) is 0. The summed E-state index contributed by atoms with van der Waals surface area (Å²) >= 11 is 0. The molecule has 0 aromatic carbocycles. The molecular formula is Nd5Rh4. The molecule has 0 aliphatic rings. The summed E-state index contributed by atoms with van der Waals surface area (Å²) < 4.78 is 0. The first-order valence-electron chi connectivity index (χ1n) is 0. The molecular weight excluding hydrogens is 1130 g/mol. The Morgan fingerprint density at radius 2 is 0.222 bits per heavy atom. The molecule has 0 nitrogen and oxygen atoms in total. The molecule has 56 valence electrons. The Balaban J connectivity index is 0. The van der Waals surface area contributed by atoms with E-state index in [4.69, 9.17) is 0 Å². The van der Waals surface area contributed by atoms with Gasteiger partial charge >= 0.3 is 0 Å². The minimum Gasteiger partial charge on any atom is 0 e. The molecule has 0 unspecified atom stereocenters. The van der Waals surface area contributed by atoms with Gasteiger partial charge in [0.2, 0.25) is 0 Å². The van der Waals surface area contributed by atoms with Crippen LogP contribution in [0.1, 0.15) is 0 Å². The molecule has 0 aliphatic heterocycles. The zero-order valence-electron chi connectivity index (χ0n) is 3.83. The summed E-state index contributed by atoms with van der Waals surface area (Å²) in [5.41, 5.74) is 0. The van der Waals surface area contributed by atoms with Gasteiger partial charge in [0.15, 0.2) is 0 Å². The molecule has 0 saturated heterocycles. The average Bonchev–Trinajstić information content (AvgIpc) is 0. The van der Waals surface area contributed by atoms with Crippen LogP contribution in [0.3, 0.4) is 0 Å². The van der Waals surface area contributed by atoms with Crippen molar-refractivity contribution in [2.75, 3.05) is 0 Å². The van der Waals surface area contributed by atoms with Crippen LogP contribution in [0.4, 0.5) is 0 Å². The zero-order chi connectivity index (χ0) is 0. The van der Waals surface area contributed by atoms with Crippen molar-refractivity contribution in [2.45, 2.75) is 0 Å². The molecule has 9 heteroatoms. The second-order valence-corrected chi connectivity index (χ2v) is 0. The summed E-state index contributed by atoms with van der Waals surface area (Å²) in [6.07, 6.45) is 0. The first-order valence-corrected chi connectivity index (χ1v) is 0. The molecule has 0 spiro atoms. The molecule has 0 rings (SSSR count). The monoisotopic (exact) mass is 1120 g/mol. The molecule has 0 aliphatic carbocycles. The Bertz CT molecular complexity index is 8.92. The van der Waals surface area contributed by atoms with E-state index in [2.05, 4.69) is 0 Å². The van der Waals surface area contributed by atoms with Crippen LogP contribution < -0.4 is 0 Å². The van der Waals surface area contributed by atoms with Crippen LogP contribution in [-0.2, 0) is 77.9 Å². The van der Waals surface area contributed by atoms with Crippen molar-refractivity contribution < 1.29 is 282 Å². The van der Waals surface area contributed by atoms with Gasteiger partial charge in [0.05, 0.1) is 0 Å². The fourth-order valence-corrected chi connectivity index (χ4v) is 0. The second-order valence-electron chi connectivity index (χ2n) is 0. The predicted molar refractivity (Wildman–Crippen MR) is 0 cm³/mol. The van der Waals surface area contributed by atoms with Gasteiger partial charge in [-0.05, 0) is 0 Å². The van der Waals surface area contributed by atoms with Crippen molar-refractivity contribution in [3.05, 3.63) is 0 Å². The van der Waals surface area contributed by atoms with E-state index in [9.17, 15) is 0 Å². The molecule has 0 saturated carbocycles. The third kappa shape index (κ3) is 46.9. The third-order valence-electron chi connectivity index (χ3n) is 0. The van der Waals surface area contributed by atoms with Crippen molar-refractivity contribution in [3.63, 3.8) is 0 Å². The number of rotatable bonds is 0. The van der Waals surface area contributed by atoms with Gasteiger partial charge in [0.1, 0.15) is 0 Å². The molecule has 0 heterocycles. The molecule has 0 bridgehead atoms. The van der Waals surface area contributed by atoms with Crippen LogP contribution in [0.15, 0.2) is 0 Å². The fraction of sp³-hybridized carbons (Fsp3) is 0. The maximum Gasteiger partial charge on any atom is 0 e.